The number of amidine groups is 1. The van der Waals surface area contributed by atoms with Gasteiger partial charge in [-0.25, -0.2) is 0 Å². The molecule has 4 rings (SSSR count). The molecule has 0 spiro atoms. The molecule has 0 aromatic heterocycles. The third-order valence-corrected chi connectivity index (χ3v) is 8.99. The van der Waals surface area contributed by atoms with Crippen molar-refractivity contribution >= 4 is 17.6 Å². The smallest absolute Gasteiger partial charge is 0.237 e. The van der Waals surface area contributed by atoms with Crippen LogP contribution in [-0.2, 0) is 9.59 Å². The van der Waals surface area contributed by atoms with Gasteiger partial charge in [-0.3, -0.25) is 19.9 Å². The molecule has 0 aromatic carbocycles. The minimum atomic E-state index is -0.236. The number of carbonyl (C=O) groups is 2. The molecule has 0 bridgehead atoms. The minimum Gasteiger partial charge on any atom is -0.387 e. The summed E-state index contributed by atoms with van der Waals surface area (Å²) in [4.78, 5) is 27.6. The van der Waals surface area contributed by atoms with Crippen LogP contribution in [0.25, 0.3) is 0 Å². The highest BCUT2D eigenvalue weighted by atomic mass is 16.2. The molecule has 3 aliphatic carbocycles. The fourth-order valence-corrected chi connectivity index (χ4v) is 7.09. The Labute approximate surface area is 192 Å². The van der Waals surface area contributed by atoms with Crippen molar-refractivity contribution in [2.24, 2.45) is 35.1 Å². The lowest BCUT2D eigenvalue weighted by Crippen LogP contribution is -2.51. The summed E-state index contributed by atoms with van der Waals surface area (Å²) in [6, 6.07) is 0.330. The second kappa shape index (κ2) is 10.5. The molecular weight excluding hydrogens is 402 g/mol. The van der Waals surface area contributed by atoms with Gasteiger partial charge < -0.3 is 16.8 Å². The van der Waals surface area contributed by atoms with Crippen molar-refractivity contribution in [3.8, 4) is 0 Å². The Morgan fingerprint density at radius 1 is 0.875 bits per heavy atom. The number of fused-ring (bicyclic) bond motifs is 1. The highest BCUT2D eigenvalue weighted by molar-refractivity contribution is 5.83. The van der Waals surface area contributed by atoms with Crippen LogP contribution in [0, 0.1) is 29.1 Å². The highest BCUT2D eigenvalue weighted by Gasteiger charge is 2.47. The van der Waals surface area contributed by atoms with Crippen LogP contribution in [0.4, 0.5) is 0 Å². The van der Waals surface area contributed by atoms with E-state index in [9.17, 15) is 9.59 Å². The number of rotatable bonds is 7. The molecule has 6 N–H and O–H groups in total. The van der Waals surface area contributed by atoms with Gasteiger partial charge in [-0.2, -0.15) is 0 Å². The van der Waals surface area contributed by atoms with Gasteiger partial charge in [0, 0.05) is 23.9 Å². The van der Waals surface area contributed by atoms with Gasteiger partial charge in [0.05, 0.1) is 11.9 Å². The lowest BCUT2D eigenvalue weighted by molar-refractivity contribution is -0.128. The lowest BCUT2D eigenvalue weighted by Gasteiger charge is -2.38. The molecule has 7 heteroatoms. The Hall–Kier alpha value is -1.63. The van der Waals surface area contributed by atoms with Crippen molar-refractivity contribution in [2.45, 2.75) is 108 Å². The van der Waals surface area contributed by atoms with Crippen molar-refractivity contribution < 1.29 is 9.59 Å². The summed E-state index contributed by atoms with van der Waals surface area (Å²) in [5.74, 6) is 1.57. The van der Waals surface area contributed by atoms with E-state index < -0.39 is 0 Å². The number of amides is 2. The molecule has 4 fully saturated rings. The Morgan fingerprint density at radius 2 is 1.66 bits per heavy atom. The molecule has 6 atom stereocenters. The zero-order valence-electron chi connectivity index (χ0n) is 19.6. The van der Waals surface area contributed by atoms with Crippen molar-refractivity contribution in [2.75, 3.05) is 6.54 Å². The summed E-state index contributed by atoms with van der Waals surface area (Å²) < 4.78 is 0. The van der Waals surface area contributed by atoms with Gasteiger partial charge in [0.25, 0.3) is 0 Å². The number of primary amides is 1. The lowest BCUT2D eigenvalue weighted by atomic mass is 9.78. The SMILES string of the molecule is N=C(N)C1CCC2CC(C(=O)NC3CCCC(C(N)=O)C3)N(CCC3CCCCC3)C2C1. The summed E-state index contributed by atoms with van der Waals surface area (Å²) in [6.07, 6.45) is 15.1. The van der Waals surface area contributed by atoms with E-state index in [1.54, 1.807) is 0 Å². The molecule has 4 aliphatic rings. The first kappa shape index (κ1) is 23.5. The van der Waals surface area contributed by atoms with Gasteiger partial charge in [-0.15, -0.1) is 0 Å². The van der Waals surface area contributed by atoms with Crippen LogP contribution in [0.15, 0.2) is 0 Å². The minimum absolute atomic E-state index is 0.0570. The Balaban J connectivity index is 1.42. The van der Waals surface area contributed by atoms with Crippen LogP contribution in [0.5, 0.6) is 0 Å². The van der Waals surface area contributed by atoms with Crippen molar-refractivity contribution in [1.29, 1.82) is 5.41 Å². The maximum absolute atomic E-state index is 13.5. The highest BCUT2D eigenvalue weighted by Crippen LogP contribution is 2.42. The van der Waals surface area contributed by atoms with Crippen LogP contribution < -0.4 is 16.8 Å². The summed E-state index contributed by atoms with van der Waals surface area (Å²) in [7, 11) is 0. The number of nitrogens with two attached hydrogens (primary N) is 2. The average Bonchev–Trinajstić information content (AvgIpc) is 3.16. The van der Waals surface area contributed by atoms with Gasteiger partial charge in [-0.05, 0) is 69.7 Å². The monoisotopic (exact) mass is 445 g/mol. The van der Waals surface area contributed by atoms with E-state index in [4.69, 9.17) is 16.9 Å². The predicted octanol–water partition coefficient (Wildman–Crippen LogP) is 2.91. The Bertz CT molecular complexity index is 692. The number of carbonyl (C=O) groups excluding carboxylic acids is 2. The van der Waals surface area contributed by atoms with E-state index in [1.165, 1.54) is 38.5 Å². The molecule has 3 saturated carbocycles. The number of hydrogen-bond donors (Lipinski definition) is 4. The van der Waals surface area contributed by atoms with Gasteiger partial charge in [-0.1, -0.05) is 38.5 Å². The zero-order valence-corrected chi connectivity index (χ0v) is 19.6. The van der Waals surface area contributed by atoms with Gasteiger partial charge >= 0.3 is 0 Å². The number of hydrogen-bond acceptors (Lipinski definition) is 4. The normalized spacial score (nSPS) is 36.4. The van der Waals surface area contributed by atoms with Gasteiger partial charge in [0.1, 0.15) is 0 Å². The Kier molecular flexibility index (Phi) is 7.74. The molecule has 1 aliphatic heterocycles. The van der Waals surface area contributed by atoms with Crippen LogP contribution in [0.1, 0.15) is 89.9 Å². The fraction of sp³-hybridized carbons (Fsp3) is 0.880. The standard InChI is InChI=1S/C25H43N5O2/c26-23(27)18-10-9-17-14-22(25(32)29-20-8-4-7-19(13-20)24(28)31)30(21(17)15-18)12-11-16-5-2-1-3-6-16/h16-22H,1-15H2,(H3,26,27)(H2,28,31)(H,29,32). The first-order valence-corrected chi connectivity index (χ1v) is 13.1. The van der Waals surface area contributed by atoms with Gasteiger partial charge in [0.15, 0.2) is 0 Å². The number of nitrogens with zero attached hydrogens (tertiary/aromatic N) is 1. The second-order valence-corrected chi connectivity index (χ2v) is 11.0. The quantitative estimate of drug-likeness (QED) is 0.355. The van der Waals surface area contributed by atoms with Gasteiger partial charge in [0.2, 0.25) is 11.8 Å². The third-order valence-electron chi connectivity index (χ3n) is 8.99. The molecule has 1 heterocycles. The molecule has 0 aromatic rings. The average molecular weight is 446 g/mol. The third kappa shape index (κ3) is 5.46. The van der Waals surface area contributed by atoms with Crippen molar-refractivity contribution in [1.82, 2.24) is 10.2 Å². The summed E-state index contributed by atoms with van der Waals surface area (Å²) in [6.45, 7) is 0.975. The molecule has 2 amide bonds. The van der Waals surface area contributed by atoms with Crippen LogP contribution in [0.3, 0.4) is 0 Å². The second-order valence-electron chi connectivity index (χ2n) is 11.0. The van der Waals surface area contributed by atoms with E-state index in [2.05, 4.69) is 10.2 Å². The summed E-state index contributed by atoms with van der Waals surface area (Å²) in [5, 5.41) is 11.3. The predicted molar refractivity (Wildman–Crippen MR) is 126 cm³/mol. The summed E-state index contributed by atoms with van der Waals surface area (Å²) >= 11 is 0. The number of likely N-dealkylation sites (tertiary alicyclic amines) is 1. The fourth-order valence-electron chi connectivity index (χ4n) is 7.09. The van der Waals surface area contributed by atoms with Crippen LogP contribution in [-0.4, -0.2) is 47.2 Å². The van der Waals surface area contributed by atoms with E-state index in [0.717, 1.165) is 57.4 Å². The molecule has 32 heavy (non-hydrogen) atoms. The maximum atomic E-state index is 13.5. The first-order chi connectivity index (χ1) is 15.4. The molecule has 0 radical (unpaired) electrons. The maximum Gasteiger partial charge on any atom is 0.237 e. The molecular formula is C25H43N5O2. The van der Waals surface area contributed by atoms with E-state index in [-0.39, 0.29) is 35.7 Å². The summed E-state index contributed by atoms with van der Waals surface area (Å²) in [5.41, 5.74) is 11.4. The largest absolute Gasteiger partial charge is 0.387 e. The molecule has 1 saturated heterocycles. The Morgan fingerprint density at radius 3 is 2.38 bits per heavy atom. The van der Waals surface area contributed by atoms with Crippen LogP contribution in [0.2, 0.25) is 0 Å². The van der Waals surface area contributed by atoms with E-state index >= 15 is 0 Å². The first-order valence-electron chi connectivity index (χ1n) is 13.1. The van der Waals surface area contributed by atoms with Crippen LogP contribution >= 0.6 is 0 Å². The van der Waals surface area contributed by atoms with Crippen molar-refractivity contribution in [3.05, 3.63) is 0 Å². The van der Waals surface area contributed by atoms with E-state index in [0.29, 0.717) is 24.2 Å². The molecule has 6 unspecified atom stereocenters. The van der Waals surface area contributed by atoms with Crippen molar-refractivity contribution in [3.63, 3.8) is 0 Å². The molecule has 180 valence electrons. The van der Waals surface area contributed by atoms with E-state index in [1.807, 2.05) is 0 Å². The topological polar surface area (TPSA) is 125 Å². The number of nitrogens with one attached hydrogen (secondary N) is 2. The zero-order chi connectivity index (χ0) is 22.7. The molecule has 7 nitrogen and oxygen atoms in total.